The molecule has 1 N–H and O–H groups in total. The fourth-order valence-corrected chi connectivity index (χ4v) is 3.03. The molecule has 0 aliphatic rings. The van der Waals surface area contributed by atoms with Gasteiger partial charge in [0.25, 0.3) is 0 Å². The first-order valence-corrected chi connectivity index (χ1v) is 10.2. The van der Waals surface area contributed by atoms with Gasteiger partial charge in [0.05, 0.1) is 0 Å². The van der Waals surface area contributed by atoms with Gasteiger partial charge >= 0.3 is 0 Å². The highest BCUT2D eigenvalue weighted by atomic mass is 16.1. The van der Waals surface area contributed by atoms with Gasteiger partial charge in [0.1, 0.15) is 0 Å². The number of nitrogens with zero attached hydrogens (tertiary/aromatic N) is 2. The Hall–Kier alpha value is -2.75. The Bertz CT molecular complexity index is 754. The standard InChI is InChI=1S/C24H31N3O/c1-3-4-11-22(23-14-17-25-18-15-23)12-6-13-24(28)27-20(2)8-5-9-21-10-7-16-26-19-21/h6-7,10,12-20H,3-5,8-9,11H2,1-2H3,(H,27,28)/b13-6+,22-12+. The van der Waals surface area contributed by atoms with E-state index < -0.39 is 0 Å². The van der Waals surface area contributed by atoms with E-state index in [9.17, 15) is 4.79 Å². The van der Waals surface area contributed by atoms with Crippen LogP contribution in [-0.2, 0) is 11.2 Å². The van der Waals surface area contributed by atoms with Crippen LogP contribution in [0.1, 0.15) is 57.1 Å². The summed E-state index contributed by atoms with van der Waals surface area (Å²) in [6.45, 7) is 4.23. The Morgan fingerprint density at radius 2 is 1.96 bits per heavy atom. The van der Waals surface area contributed by atoms with Crippen molar-refractivity contribution in [3.05, 3.63) is 78.4 Å². The van der Waals surface area contributed by atoms with E-state index in [1.807, 2.05) is 36.5 Å². The lowest BCUT2D eigenvalue weighted by Crippen LogP contribution is -2.31. The quantitative estimate of drug-likeness (QED) is 0.436. The van der Waals surface area contributed by atoms with Crippen LogP contribution in [0.3, 0.4) is 0 Å². The molecule has 0 spiro atoms. The third-order valence-corrected chi connectivity index (χ3v) is 4.61. The van der Waals surface area contributed by atoms with E-state index in [0.29, 0.717) is 0 Å². The van der Waals surface area contributed by atoms with E-state index in [2.05, 4.69) is 35.2 Å². The van der Waals surface area contributed by atoms with Crippen molar-refractivity contribution < 1.29 is 4.79 Å². The van der Waals surface area contributed by atoms with Crippen LogP contribution in [0.25, 0.3) is 5.57 Å². The number of aromatic nitrogens is 2. The number of pyridine rings is 2. The summed E-state index contributed by atoms with van der Waals surface area (Å²) in [5.74, 6) is -0.0466. The molecule has 1 unspecified atom stereocenters. The molecule has 0 fully saturated rings. The van der Waals surface area contributed by atoms with E-state index in [1.165, 1.54) is 11.1 Å². The maximum absolute atomic E-state index is 12.2. The number of aryl methyl sites for hydroxylation is 1. The Kier molecular flexibility index (Phi) is 9.70. The molecule has 4 nitrogen and oxygen atoms in total. The maximum atomic E-state index is 12.2. The van der Waals surface area contributed by atoms with Crippen molar-refractivity contribution in [2.24, 2.45) is 0 Å². The Morgan fingerprint density at radius 1 is 1.14 bits per heavy atom. The van der Waals surface area contributed by atoms with E-state index in [1.54, 1.807) is 24.7 Å². The van der Waals surface area contributed by atoms with E-state index in [0.717, 1.165) is 44.1 Å². The second kappa shape index (κ2) is 12.6. The summed E-state index contributed by atoms with van der Waals surface area (Å²) >= 11 is 0. The fraction of sp³-hybridized carbons (Fsp3) is 0.375. The maximum Gasteiger partial charge on any atom is 0.244 e. The number of allylic oxidation sites excluding steroid dienone is 3. The molecule has 2 aromatic heterocycles. The Balaban J connectivity index is 1.80. The summed E-state index contributed by atoms with van der Waals surface area (Å²) in [7, 11) is 0. The highest BCUT2D eigenvalue weighted by Crippen LogP contribution is 2.20. The molecule has 0 saturated carbocycles. The van der Waals surface area contributed by atoms with Crippen molar-refractivity contribution >= 4 is 11.5 Å². The predicted molar refractivity (Wildman–Crippen MR) is 116 cm³/mol. The monoisotopic (exact) mass is 377 g/mol. The number of rotatable bonds is 11. The molecule has 0 radical (unpaired) electrons. The lowest BCUT2D eigenvalue weighted by atomic mass is 10.0. The van der Waals surface area contributed by atoms with Crippen molar-refractivity contribution in [1.29, 1.82) is 0 Å². The van der Waals surface area contributed by atoms with Crippen molar-refractivity contribution in [2.75, 3.05) is 0 Å². The summed E-state index contributed by atoms with van der Waals surface area (Å²) in [6.07, 6.45) is 19.0. The molecule has 28 heavy (non-hydrogen) atoms. The first-order valence-electron chi connectivity index (χ1n) is 10.2. The Labute approximate surface area is 168 Å². The number of hydrogen-bond donors (Lipinski definition) is 1. The molecule has 4 heteroatoms. The number of carbonyl (C=O) groups excluding carboxylic acids is 1. The van der Waals surface area contributed by atoms with Crippen LogP contribution in [-0.4, -0.2) is 21.9 Å². The molecule has 148 valence electrons. The smallest absolute Gasteiger partial charge is 0.244 e. The normalized spacial score (nSPS) is 12.9. The fourth-order valence-electron chi connectivity index (χ4n) is 3.03. The molecule has 0 bridgehead atoms. The molecular weight excluding hydrogens is 346 g/mol. The molecular formula is C24H31N3O. The molecule has 2 heterocycles. The molecule has 0 aliphatic carbocycles. The van der Waals surface area contributed by atoms with Crippen LogP contribution >= 0.6 is 0 Å². The summed E-state index contributed by atoms with van der Waals surface area (Å²) in [6, 6.07) is 8.22. The van der Waals surface area contributed by atoms with Crippen molar-refractivity contribution in [1.82, 2.24) is 15.3 Å². The lowest BCUT2D eigenvalue weighted by Gasteiger charge is -2.12. The van der Waals surface area contributed by atoms with Crippen molar-refractivity contribution in [3.63, 3.8) is 0 Å². The van der Waals surface area contributed by atoms with Crippen molar-refractivity contribution in [2.45, 2.75) is 58.4 Å². The van der Waals surface area contributed by atoms with E-state index in [-0.39, 0.29) is 11.9 Å². The largest absolute Gasteiger partial charge is 0.350 e. The van der Waals surface area contributed by atoms with Gasteiger partial charge in [0.2, 0.25) is 5.91 Å². The molecule has 0 saturated heterocycles. The minimum atomic E-state index is -0.0466. The topological polar surface area (TPSA) is 54.9 Å². The van der Waals surface area contributed by atoms with Gasteiger partial charge in [-0.15, -0.1) is 0 Å². The average Bonchev–Trinajstić information content (AvgIpc) is 2.72. The molecule has 2 aromatic rings. The van der Waals surface area contributed by atoms with Crippen LogP contribution in [0.5, 0.6) is 0 Å². The summed E-state index contributed by atoms with van der Waals surface area (Å²) in [5, 5.41) is 3.04. The van der Waals surface area contributed by atoms with Gasteiger partial charge in [-0.2, -0.15) is 0 Å². The summed E-state index contributed by atoms with van der Waals surface area (Å²) in [4.78, 5) is 20.4. The zero-order chi connectivity index (χ0) is 20.0. The predicted octanol–water partition coefficient (Wildman–Crippen LogP) is 5.13. The van der Waals surface area contributed by atoms with Gasteiger partial charge in [-0.25, -0.2) is 0 Å². The number of carbonyl (C=O) groups is 1. The highest BCUT2D eigenvalue weighted by Gasteiger charge is 2.05. The van der Waals surface area contributed by atoms with Crippen LogP contribution in [0.4, 0.5) is 0 Å². The number of nitrogens with one attached hydrogen (secondary N) is 1. The zero-order valence-corrected chi connectivity index (χ0v) is 17.0. The minimum absolute atomic E-state index is 0.0466. The van der Waals surface area contributed by atoms with Crippen LogP contribution in [0.2, 0.25) is 0 Å². The summed E-state index contributed by atoms with van der Waals surface area (Å²) in [5.41, 5.74) is 3.64. The van der Waals surface area contributed by atoms with E-state index in [4.69, 9.17) is 0 Å². The first kappa shape index (κ1) is 21.5. The molecule has 1 amide bonds. The molecule has 0 aliphatic heterocycles. The van der Waals surface area contributed by atoms with Gasteiger partial charge in [-0.1, -0.05) is 31.6 Å². The minimum Gasteiger partial charge on any atom is -0.350 e. The number of amides is 1. The van der Waals surface area contributed by atoms with Crippen LogP contribution < -0.4 is 5.32 Å². The van der Waals surface area contributed by atoms with Gasteiger partial charge in [0.15, 0.2) is 0 Å². The first-order chi connectivity index (χ1) is 13.7. The van der Waals surface area contributed by atoms with Crippen LogP contribution in [0.15, 0.2) is 67.3 Å². The van der Waals surface area contributed by atoms with Gasteiger partial charge in [-0.05, 0) is 73.9 Å². The molecule has 1 atom stereocenters. The average molecular weight is 378 g/mol. The van der Waals surface area contributed by atoms with Gasteiger partial charge in [-0.3, -0.25) is 14.8 Å². The summed E-state index contributed by atoms with van der Waals surface area (Å²) < 4.78 is 0. The van der Waals surface area contributed by atoms with Crippen LogP contribution in [0, 0.1) is 0 Å². The molecule has 0 aromatic carbocycles. The zero-order valence-electron chi connectivity index (χ0n) is 17.0. The van der Waals surface area contributed by atoms with Crippen molar-refractivity contribution in [3.8, 4) is 0 Å². The van der Waals surface area contributed by atoms with E-state index >= 15 is 0 Å². The number of hydrogen-bond acceptors (Lipinski definition) is 3. The SMILES string of the molecule is CCCC/C(=C\C=C\C(=O)NC(C)CCCc1cccnc1)c1ccncc1. The lowest BCUT2D eigenvalue weighted by molar-refractivity contribution is -0.117. The second-order valence-electron chi connectivity index (χ2n) is 7.05. The third-order valence-electron chi connectivity index (χ3n) is 4.61. The number of unbranched alkanes of at least 4 members (excludes halogenated alkanes) is 1. The third kappa shape index (κ3) is 8.30. The second-order valence-corrected chi connectivity index (χ2v) is 7.05. The Morgan fingerprint density at radius 3 is 2.68 bits per heavy atom. The molecule has 2 rings (SSSR count). The highest BCUT2D eigenvalue weighted by molar-refractivity contribution is 5.88. The van der Waals surface area contributed by atoms with Gasteiger partial charge in [0, 0.05) is 36.9 Å². The van der Waals surface area contributed by atoms with Gasteiger partial charge < -0.3 is 5.32 Å².